The number of hydrogen-bond acceptors (Lipinski definition) is 2. The van der Waals surface area contributed by atoms with Gasteiger partial charge in [-0.1, -0.05) is 18.9 Å². The molecule has 1 fully saturated rings. The maximum atomic E-state index is 13.6. The summed E-state index contributed by atoms with van der Waals surface area (Å²) in [6.07, 6.45) is 4.99. The lowest BCUT2D eigenvalue weighted by atomic mass is 9.95. The van der Waals surface area contributed by atoms with E-state index in [0.29, 0.717) is 5.92 Å². The summed E-state index contributed by atoms with van der Waals surface area (Å²) in [5, 5.41) is 13.5. The van der Waals surface area contributed by atoms with Crippen molar-refractivity contribution in [1.29, 1.82) is 0 Å². The van der Waals surface area contributed by atoms with Crippen molar-refractivity contribution >= 4 is 0 Å². The molecule has 2 N–H and O–H groups in total. The fraction of sp³-hybridized carbons (Fsp3) is 0.600. The zero-order valence-electron chi connectivity index (χ0n) is 11.3. The van der Waals surface area contributed by atoms with Gasteiger partial charge in [0.2, 0.25) is 0 Å². The summed E-state index contributed by atoms with van der Waals surface area (Å²) in [5.41, 5.74) is -1.19. The molecule has 0 spiro atoms. The lowest BCUT2D eigenvalue weighted by Gasteiger charge is -2.25. The summed E-state index contributed by atoms with van der Waals surface area (Å²) >= 11 is 0. The van der Waals surface area contributed by atoms with E-state index in [-0.39, 0.29) is 12.1 Å². The molecule has 1 saturated carbocycles. The maximum Gasteiger partial charge on any atom is 0.132 e. The molecule has 4 heteroatoms. The molecule has 0 bridgehead atoms. The lowest BCUT2D eigenvalue weighted by molar-refractivity contribution is 0.0523. The van der Waals surface area contributed by atoms with Crippen molar-refractivity contribution in [3.8, 4) is 0 Å². The fourth-order valence-electron chi connectivity index (χ4n) is 2.76. The Morgan fingerprint density at radius 3 is 2.63 bits per heavy atom. The highest BCUT2D eigenvalue weighted by Crippen LogP contribution is 2.26. The molecule has 0 heterocycles. The van der Waals surface area contributed by atoms with Crippen molar-refractivity contribution in [2.24, 2.45) is 5.92 Å². The number of hydrogen-bond donors (Lipinski definition) is 2. The molecule has 0 aliphatic heterocycles. The van der Waals surface area contributed by atoms with Crippen molar-refractivity contribution in [2.75, 3.05) is 13.1 Å². The quantitative estimate of drug-likeness (QED) is 0.861. The lowest BCUT2D eigenvalue weighted by Crippen LogP contribution is -2.38. The van der Waals surface area contributed by atoms with Crippen LogP contribution in [0.25, 0.3) is 0 Å². The molecule has 19 heavy (non-hydrogen) atoms. The van der Waals surface area contributed by atoms with E-state index >= 15 is 0 Å². The van der Waals surface area contributed by atoms with Gasteiger partial charge in [0.25, 0.3) is 0 Å². The molecular formula is C15H21F2NO. The van der Waals surface area contributed by atoms with E-state index in [9.17, 15) is 13.9 Å². The first-order valence-corrected chi connectivity index (χ1v) is 6.88. The van der Waals surface area contributed by atoms with Gasteiger partial charge < -0.3 is 10.4 Å². The molecule has 2 rings (SSSR count). The van der Waals surface area contributed by atoms with Gasteiger partial charge in [-0.15, -0.1) is 0 Å². The summed E-state index contributed by atoms with van der Waals surface area (Å²) in [5.74, 6) is -0.669. The highest BCUT2D eigenvalue weighted by molar-refractivity contribution is 5.24. The Kier molecular flexibility index (Phi) is 4.53. The Bertz CT molecular complexity index is 428. The van der Waals surface area contributed by atoms with E-state index in [1.165, 1.54) is 37.8 Å². The Labute approximate surface area is 112 Å². The Hall–Kier alpha value is -1.00. The Morgan fingerprint density at radius 2 is 2.00 bits per heavy atom. The zero-order chi connectivity index (χ0) is 13.9. The monoisotopic (exact) mass is 269 g/mol. The minimum Gasteiger partial charge on any atom is -0.384 e. The zero-order valence-corrected chi connectivity index (χ0v) is 11.3. The molecule has 1 unspecified atom stereocenters. The van der Waals surface area contributed by atoms with Crippen LogP contribution in [0.2, 0.25) is 0 Å². The Balaban J connectivity index is 1.92. The number of benzene rings is 1. The van der Waals surface area contributed by atoms with Gasteiger partial charge in [-0.2, -0.15) is 0 Å². The summed E-state index contributed by atoms with van der Waals surface area (Å²) in [6, 6.07) is 3.28. The molecule has 1 atom stereocenters. The van der Waals surface area contributed by atoms with E-state index in [0.717, 1.165) is 12.6 Å². The van der Waals surface area contributed by atoms with Crippen molar-refractivity contribution < 1.29 is 13.9 Å². The molecule has 1 aromatic carbocycles. The average Bonchev–Trinajstić information content (AvgIpc) is 2.81. The standard InChI is InChI=1S/C15H21F2NO/c1-15(19,10-18-9-11-4-2-3-5-11)13-7-6-12(16)8-14(13)17/h6-8,11,18-19H,2-5,9-10H2,1H3. The van der Waals surface area contributed by atoms with E-state index < -0.39 is 17.2 Å². The van der Waals surface area contributed by atoms with Crippen LogP contribution in [0.3, 0.4) is 0 Å². The predicted octanol–water partition coefficient (Wildman–Crippen LogP) is 2.95. The van der Waals surface area contributed by atoms with Crippen LogP contribution < -0.4 is 5.32 Å². The molecule has 0 radical (unpaired) electrons. The van der Waals surface area contributed by atoms with Gasteiger partial charge in [-0.05, 0) is 38.3 Å². The largest absolute Gasteiger partial charge is 0.384 e. The van der Waals surface area contributed by atoms with E-state index in [2.05, 4.69) is 5.32 Å². The van der Waals surface area contributed by atoms with Crippen LogP contribution in [0, 0.1) is 17.6 Å². The topological polar surface area (TPSA) is 32.3 Å². The second-order valence-corrected chi connectivity index (χ2v) is 5.68. The van der Waals surface area contributed by atoms with Crippen LogP contribution in [0.1, 0.15) is 38.2 Å². The molecule has 106 valence electrons. The van der Waals surface area contributed by atoms with Crippen molar-refractivity contribution in [3.63, 3.8) is 0 Å². The number of rotatable bonds is 5. The van der Waals surface area contributed by atoms with Crippen LogP contribution in [0.15, 0.2) is 18.2 Å². The third kappa shape index (κ3) is 3.74. The second kappa shape index (κ2) is 5.97. The van der Waals surface area contributed by atoms with Gasteiger partial charge in [-0.3, -0.25) is 0 Å². The van der Waals surface area contributed by atoms with Crippen LogP contribution >= 0.6 is 0 Å². The summed E-state index contributed by atoms with van der Waals surface area (Å²) < 4.78 is 26.5. The molecule has 1 aromatic rings. The van der Waals surface area contributed by atoms with Crippen molar-refractivity contribution in [2.45, 2.75) is 38.2 Å². The van der Waals surface area contributed by atoms with Gasteiger partial charge >= 0.3 is 0 Å². The first-order chi connectivity index (χ1) is 8.99. The van der Waals surface area contributed by atoms with Crippen molar-refractivity contribution in [1.82, 2.24) is 5.32 Å². The fourth-order valence-corrected chi connectivity index (χ4v) is 2.76. The average molecular weight is 269 g/mol. The van der Waals surface area contributed by atoms with Crippen molar-refractivity contribution in [3.05, 3.63) is 35.4 Å². The Morgan fingerprint density at radius 1 is 1.32 bits per heavy atom. The smallest absolute Gasteiger partial charge is 0.132 e. The van der Waals surface area contributed by atoms with Gasteiger partial charge in [0.1, 0.15) is 17.2 Å². The van der Waals surface area contributed by atoms with Gasteiger partial charge in [-0.25, -0.2) is 8.78 Å². The predicted molar refractivity (Wildman–Crippen MR) is 70.8 cm³/mol. The van der Waals surface area contributed by atoms with Crippen LogP contribution in [-0.2, 0) is 5.60 Å². The molecule has 0 saturated heterocycles. The minimum atomic E-state index is -1.32. The third-order valence-corrected chi connectivity index (χ3v) is 3.89. The molecular weight excluding hydrogens is 248 g/mol. The molecule has 0 amide bonds. The highest BCUT2D eigenvalue weighted by Gasteiger charge is 2.27. The summed E-state index contributed by atoms with van der Waals surface area (Å²) in [6.45, 7) is 2.66. The van der Waals surface area contributed by atoms with Gasteiger partial charge in [0.05, 0.1) is 0 Å². The molecule has 1 aliphatic rings. The number of aliphatic hydroxyl groups is 1. The molecule has 2 nitrogen and oxygen atoms in total. The summed E-state index contributed by atoms with van der Waals surface area (Å²) in [4.78, 5) is 0. The van der Waals surface area contributed by atoms with Gasteiger partial charge in [0.15, 0.2) is 0 Å². The van der Waals surface area contributed by atoms with Crippen LogP contribution in [0.5, 0.6) is 0 Å². The van der Waals surface area contributed by atoms with E-state index in [1.807, 2.05) is 0 Å². The van der Waals surface area contributed by atoms with Crippen LogP contribution in [-0.4, -0.2) is 18.2 Å². The van der Waals surface area contributed by atoms with Crippen LogP contribution in [0.4, 0.5) is 8.78 Å². The number of halogens is 2. The molecule has 1 aliphatic carbocycles. The van der Waals surface area contributed by atoms with Gasteiger partial charge in [0, 0.05) is 18.2 Å². The normalized spacial score (nSPS) is 19.6. The SMILES string of the molecule is CC(O)(CNCC1CCCC1)c1ccc(F)cc1F. The summed E-state index contributed by atoms with van der Waals surface area (Å²) in [7, 11) is 0. The number of nitrogens with one attached hydrogen (secondary N) is 1. The third-order valence-electron chi connectivity index (χ3n) is 3.89. The second-order valence-electron chi connectivity index (χ2n) is 5.68. The molecule has 0 aromatic heterocycles. The van der Waals surface area contributed by atoms with E-state index in [1.54, 1.807) is 6.92 Å². The minimum absolute atomic E-state index is 0.132. The first kappa shape index (κ1) is 14.4. The van der Waals surface area contributed by atoms with E-state index in [4.69, 9.17) is 0 Å². The maximum absolute atomic E-state index is 13.6. The first-order valence-electron chi connectivity index (χ1n) is 6.88. The highest BCUT2D eigenvalue weighted by atomic mass is 19.1.